The van der Waals surface area contributed by atoms with Gasteiger partial charge in [-0.2, -0.15) is 5.10 Å². The third-order valence-corrected chi connectivity index (χ3v) is 2.67. The molecule has 2 aromatic rings. The average Bonchev–Trinajstić information content (AvgIpc) is 3.00. The molecule has 1 heterocycles. The van der Waals surface area contributed by atoms with Crippen molar-refractivity contribution in [2.75, 3.05) is 0 Å². The second-order valence-electron chi connectivity index (χ2n) is 4.41. The summed E-state index contributed by atoms with van der Waals surface area (Å²) in [6.07, 6.45) is 4.77. The minimum absolute atomic E-state index is 0.148. The Morgan fingerprint density at radius 2 is 2.18 bits per heavy atom. The number of hydrogen-bond donors (Lipinski definition) is 1. The lowest BCUT2D eigenvalue weighted by Crippen LogP contribution is -2.17. The highest BCUT2D eigenvalue weighted by molar-refractivity contribution is 5.95. The Morgan fingerprint density at radius 3 is 2.86 bits per heavy atom. The fraction of sp³-hybridized carbons (Fsp3) is 0.0667. The Bertz CT molecular complexity index is 733. The van der Waals surface area contributed by atoms with Gasteiger partial charge in [0.2, 0.25) is 0 Å². The van der Waals surface area contributed by atoms with Crippen LogP contribution < -0.4 is 5.43 Å². The second-order valence-corrected chi connectivity index (χ2v) is 4.41. The van der Waals surface area contributed by atoms with Crippen LogP contribution in [0.15, 0.2) is 57.8 Å². The van der Waals surface area contributed by atoms with Gasteiger partial charge in [0, 0.05) is 17.7 Å². The van der Waals surface area contributed by atoms with E-state index in [0.29, 0.717) is 5.76 Å². The van der Waals surface area contributed by atoms with Crippen LogP contribution in [0.5, 0.6) is 0 Å². The number of furan rings is 1. The van der Waals surface area contributed by atoms with E-state index in [0.717, 1.165) is 5.57 Å². The number of carbonyl (C=O) groups excluding carboxylic acids is 1. The van der Waals surface area contributed by atoms with Crippen molar-refractivity contribution in [2.45, 2.75) is 6.92 Å². The van der Waals surface area contributed by atoms with E-state index in [9.17, 15) is 14.9 Å². The minimum atomic E-state index is -0.559. The zero-order valence-corrected chi connectivity index (χ0v) is 11.7. The SMILES string of the molecule is CC(/C=N/NC(=O)c1cccc([N+](=O)[O-])c1)=C\c1ccco1. The van der Waals surface area contributed by atoms with Crippen molar-refractivity contribution in [2.24, 2.45) is 5.10 Å². The summed E-state index contributed by atoms with van der Waals surface area (Å²) >= 11 is 0. The quantitative estimate of drug-likeness (QED) is 0.521. The Hall–Kier alpha value is -3.22. The summed E-state index contributed by atoms with van der Waals surface area (Å²) in [5.41, 5.74) is 3.10. The summed E-state index contributed by atoms with van der Waals surface area (Å²) in [5, 5.41) is 14.5. The maximum absolute atomic E-state index is 11.8. The lowest BCUT2D eigenvalue weighted by molar-refractivity contribution is -0.384. The molecule has 7 heteroatoms. The number of non-ortho nitro benzene ring substituents is 1. The predicted molar refractivity (Wildman–Crippen MR) is 81.4 cm³/mol. The molecule has 0 aliphatic heterocycles. The maximum Gasteiger partial charge on any atom is 0.271 e. The molecule has 1 amide bonds. The summed E-state index contributed by atoms with van der Waals surface area (Å²) in [6.45, 7) is 1.80. The van der Waals surface area contributed by atoms with Crippen molar-refractivity contribution in [3.8, 4) is 0 Å². The standard InChI is InChI=1S/C15H13N3O4/c1-11(8-14-6-3-7-22-14)10-16-17-15(19)12-4-2-5-13(9-12)18(20)21/h2-10H,1H3,(H,17,19)/b11-8+,16-10+. The molecule has 0 radical (unpaired) electrons. The number of allylic oxidation sites excluding steroid dienone is 1. The van der Waals surface area contributed by atoms with Gasteiger partial charge < -0.3 is 4.42 Å². The Morgan fingerprint density at radius 1 is 1.36 bits per heavy atom. The van der Waals surface area contributed by atoms with Crippen LogP contribution in [0.2, 0.25) is 0 Å². The van der Waals surface area contributed by atoms with Gasteiger partial charge in [-0.05, 0) is 36.8 Å². The highest BCUT2D eigenvalue weighted by atomic mass is 16.6. The molecule has 7 nitrogen and oxygen atoms in total. The molecule has 0 spiro atoms. The number of nitro benzene ring substituents is 1. The lowest BCUT2D eigenvalue weighted by atomic mass is 10.2. The smallest absolute Gasteiger partial charge is 0.271 e. The van der Waals surface area contributed by atoms with Crippen molar-refractivity contribution in [3.63, 3.8) is 0 Å². The van der Waals surface area contributed by atoms with E-state index < -0.39 is 10.8 Å². The largest absolute Gasteiger partial charge is 0.465 e. The molecule has 0 atom stereocenters. The molecule has 1 aromatic heterocycles. The first-order valence-electron chi connectivity index (χ1n) is 6.36. The Labute approximate surface area is 126 Å². The number of hydrogen-bond acceptors (Lipinski definition) is 5. The van der Waals surface area contributed by atoms with Crippen LogP contribution in [0.1, 0.15) is 23.0 Å². The molecule has 112 valence electrons. The van der Waals surface area contributed by atoms with Crippen molar-refractivity contribution in [1.29, 1.82) is 0 Å². The number of nitrogens with one attached hydrogen (secondary N) is 1. The molecule has 0 aliphatic carbocycles. The molecule has 22 heavy (non-hydrogen) atoms. The molecule has 2 rings (SSSR count). The molecule has 0 fully saturated rings. The molecule has 0 saturated carbocycles. The third kappa shape index (κ3) is 4.14. The first-order chi connectivity index (χ1) is 10.6. The van der Waals surface area contributed by atoms with Crippen molar-refractivity contribution < 1.29 is 14.1 Å². The number of nitro groups is 1. The molecule has 1 N–H and O–H groups in total. The summed E-state index contributed by atoms with van der Waals surface area (Å²) in [5.74, 6) is 0.153. The molecule has 0 bridgehead atoms. The van der Waals surface area contributed by atoms with Gasteiger partial charge in [-0.1, -0.05) is 6.07 Å². The van der Waals surface area contributed by atoms with Gasteiger partial charge in [-0.15, -0.1) is 0 Å². The van der Waals surface area contributed by atoms with Crippen molar-refractivity contribution in [1.82, 2.24) is 5.43 Å². The summed E-state index contributed by atoms with van der Waals surface area (Å²) in [4.78, 5) is 21.9. The summed E-state index contributed by atoms with van der Waals surface area (Å²) < 4.78 is 5.15. The number of benzene rings is 1. The molecular weight excluding hydrogens is 286 g/mol. The second kappa shape index (κ2) is 6.98. The van der Waals surface area contributed by atoms with Crippen LogP contribution >= 0.6 is 0 Å². The third-order valence-electron chi connectivity index (χ3n) is 2.67. The van der Waals surface area contributed by atoms with E-state index in [4.69, 9.17) is 4.42 Å². The molecule has 1 aromatic carbocycles. The number of rotatable bonds is 5. The molecule has 0 unspecified atom stereocenters. The van der Waals surface area contributed by atoms with Gasteiger partial charge in [0.1, 0.15) is 5.76 Å². The fourth-order valence-electron chi connectivity index (χ4n) is 1.65. The molecular formula is C15H13N3O4. The Kier molecular flexibility index (Phi) is 4.81. The van der Waals surface area contributed by atoms with Gasteiger partial charge in [-0.25, -0.2) is 5.43 Å². The zero-order chi connectivity index (χ0) is 15.9. The van der Waals surface area contributed by atoms with E-state index in [2.05, 4.69) is 10.5 Å². The van der Waals surface area contributed by atoms with E-state index >= 15 is 0 Å². The van der Waals surface area contributed by atoms with Gasteiger partial charge in [0.15, 0.2) is 0 Å². The summed E-state index contributed by atoms with van der Waals surface area (Å²) in [7, 11) is 0. The van der Waals surface area contributed by atoms with Crippen molar-refractivity contribution >= 4 is 23.9 Å². The molecule has 0 saturated heterocycles. The lowest BCUT2D eigenvalue weighted by Gasteiger charge is -1.99. The van der Waals surface area contributed by atoms with Crippen molar-refractivity contribution in [3.05, 3.63) is 69.7 Å². The van der Waals surface area contributed by atoms with Crippen LogP contribution in [0.25, 0.3) is 6.08 Å². The van der Waals surface area contributed by atoms with Crippen LogP contribution in [0.4, 0.5) is 5.69 Å². The van der Waals surface area contributed by atoms with E-state index in [1.54, 1.807) is 31.4 Å². The predicted octanol–water partition coefficient (Wildman–Crippen LogP) is 3.01. The summed E-state index contributed by atoms with van der Waals surface area (Å²) in [6, 6.07) is 8.98. The monoisotopic (exact) mass is 299 g/mol. The zero-order valence-electron chi connectivity index (χ0n) is 11.7. The first-order valence-corrected chi connectivity index (χ1v) is 6.36. The highest BCUT2D eigenvalue weighted by Crippen LogP contribution is 2.12. The fourth-order valence-corrected chi connectivity index (χ4v) is 1.65. The van der Waals surface area contributed by atoms with Gasteiger partial charge in [-0.3, -0.25) is 14.9 Å². The van der Waals surface area contributed by atoms with E-state index in [1.807, 2.05) is 0 Å². The van der Waals surface area contributed by atoms with Crippen LogP contribution in [-0.2, 0) is 0 Å². The van der Waals surface area contributed by atoms with Crippen LogP contribution in [-0.4, -0.2) is 17.0 Å². The number of carbonyl (C=O) groups is 1. The van der Waals surface area contributed by atoms with E-state index in [-0.39, 0.29) is 11.3 Å². The molecule has 0 aliphatic rings. The topological polar surface area (TPSA) is 97.7 Å². The normalized spacial score (nSPS) is 11.6. The van der Waals surface area contributed by atoms with Crippen LogP contribution in [0.3, 0.4) is 0 Å². The van der Waals surface area contributed by atoms with Gasteiger partial charge in [0.25, 0.3) is 11.6 Å². The first kappa shape index (κ1) is 15.2. The van der Waals surface area contributed by atoms with Gasteiger partial charge >= 0.3 is 0 Å². The maximum atomic E-state index is 11.8. The average molecular weight is 299 g/mol. The Balaban J connectivity index is 1.99. The number of nitrogens with zero attached hydrogens (tertiary/aromatic N) is 2. The minimum Gasteiger partial charge on any atom is -0.465 e. The van der Waals surface area contributed by atoms with E-state index in [1.165, 1.54) is 30.5 Å². The highest BCUT2D eigenvalue weighted by Gasteiger charge is 2.10. The number of amides is 1. The van der Waals surface area contributed by atoms with Gasteiger partial charge in [0.05, 0.1) is 17.4 Å². The number of hydrazone groups is 1. The van der Waals surface area contributed by atoms with Crippen LogP contribution in [0, 0.1) is 10.1 Å².